The van der Waals surface area contributed by atoms with Crippen LogP contribution in [0.5, 0.6) is 0 Å². The number of hydrogen-bond donors (Lipinski definition) is 1. The zero-order chi connectivity index (χ0) is 15.2. The van der Waals surface area contributed by atoms with Gasteiger partial charge in [-0.1, -0.05) is 41.9 Å². The first-order chi connectivity index (χ1) is 10.1. The molecule has 1 N–H and O–H groups in total. The van der Waals surface area contributed by atoms with E-state index >= 15 is 0 Å². The molecular weight excluding hydrogens is 284 g/mol. The third-order valence-electron chi connectivity index (χ3n) is 3.25. The predicted molar refractivity (Wildman–Crippen MR) is 87.8 cm³/mol. The first-order valence-corrected chi connectivity index (χ1v) is 7.20. The molecule has 0 fully saturated rings. The van der Waals surface area contributed by atoms with Gasteiger partial charge in [-0.15, -0.1) is 0 Å². The van der Waals surface area contributed by atoms with E-state index in [9.17, 15) is 4.79 Å². The average molecular weight is 303 g/mol. The van der Waals surface area contributed by atoms with Gasteiger partial charge in [-0.3, -0.25) is 4.79 Å². The number of carbonyl (C=O) groups is 1. The second-order valence-corrected chi connectivity index (χ2v) is 5.51. The molecule has 0 heterocycles. The van der Waals surface area contributed by atoms with Gasteiger partial charge in [0.2, 0.25) is 5.91 Å². The molecule has 2 rings (SSSR count). The van der Waals surface area contributed by atoms with Crippen LogP contribution in [-0.4, -0.2) is 20.0 Å². The number of rotatable bonds is 5. The normalized spacial score (nSPS) is 10.2. The number of anilines is 1. The summed E-state index contributed by atoms with van der Waals surface area (Å²) in [6.07, 6.45) is 0.301. The Balaban J connectivity index is 1.88. The largest absolute Gasteiger partial charge is 0.378 e. The molecule has 0 bridgehead atoms. The maximum absolute atomic E-state index is 11.9. The van der Waals surface area contributed by atoms with Gasteiger partial charge in [-0.05, 0) is 29.3 Å². The fourth-order valence-corrected chi connectivity index (χ4v) is 2.19. The molecule has 110 valence electrons. The van der Waals surface area contributed by atoms with Crippen LogP contribution in [0.4, 0.5) is 5.69 Å². The van der Waals surface area contributed by atoms with Crippen LogP contribution >= 0.6 is 11.6 Å². The second kappa shape index (κ2) is 7.14. The highest BCUT2D eigenvalue weighted by Gasteiger charge is 2.06. The Morgan fingerprint density at radius 3 is 2.38 bits per heavy atom. The molecule has 0 radical (unpaired) electrons. The zero-order valence-electron chi connectivity index (χ0n) is 12.3. The molecule has 0 unspecified atom stereocenters. The molecule has 0 aliphatic rings. The van der Waals surface area contributed by atoms with E-state index in [0.29, 0.717) is 18.0 Å². The van der Waals surface area contributed by atoms with E-state index in [-0.39, 0.29) is 5.91 Å². The van der Waals surface area contributed by atoms with Gasteiger partial charge < -0.3 is 10.2 Å². The molecule has 3 nitrogen and oxygen atoms in total. The van der Waals surface area contributed by atoms with Gasteiger partial charge in [0.25, 0.3) is 0 Å². The van der Waals surface area contributed by atoms with Crippen LogP contribution in [0.25, 0.3) is 0 Å². The van der Waals surface area contributed by atoms with E-state index in [2.05, 4.69) is 5.32 Å². The van der Waals surface area contributed by atoms with Crippen LogP contribution in [0, 0.1) is 0 Å². The van der Waals surface area contributed by atoms with Gasteiger partial charge in [0, 0.05) is 31.4 Å². The Bertz CT molecular complexity index is 608. The number of hydrogen-bond acceptors (Lipinski definition) is 2. The first kappa shape index (κ1) is 15.4. The number of carbonyl (C=O) groups excluding carboxylic acids is 1. The quantitative estimate of drug-likeness (QED) is 0.919. The molecule has 0 aromatic heterocycles. The Labute approximate surface area is 130 Å². The van der Waals surface area contributed by atoms with Crippen molar-refractivity contribution in [2.45, 2.75) is 13.0 Å². The smallest absolute Gasteiger partial charge is 0.224 e. The van der Waals surface area contributed by atoms with Gasteiger partial charge in [-0.2, -0.15) is 0 Å². The fraction of sp³-hybridized carbons (Fsp3) is 0.235. The summed E-state index contributed by atoms with van der Waals surface area (Å²) < 4.78 is 0. The van der Waals surface area contributed by atoms with Gasteiger partial charge in [0.15, 0.2) is 0 Å². The molecule has 0 saturated heterocycles. The minimum Gasteiger partial charge on any atom is -0.378 e. The van der Waals surface area contributed by atoms with E-state index in [1.54, 1.807) is 6.07 Å². The van der Waals surface area contributed by atoms with Crippen LogP contribution in [0.15, 0.2) is 48.5 Å². The van der Waals surface area contributed by atoms with Crippen molar-refractivity contribution in [3.05, 3.63) is 64.7 Å². The number of halogens is 1. The molecule has 0 aliphatic heterocycles. The topological polar surface area (TPSA) is 32.3 Å². The van der Waals surface area contributed by atoms with E-state index in [0.717, 1.165) is 16.8 Å². The van der Waals surface area contributed by atoms with Crippen molar-refractivity contribution in [3.63, 3.8) is 0 Å². The van der Waals surface area contributed by atoms with Crippen molar-refractivity contribution in [2.75, 3.05) is 19.0 Å². The van der Waals surface area contributed by atoms with Crippen LogP contribution < -0.4 is 10.2 Å². The molecule has 2 aromatic rings. The molecule has 0 spiro atoms. The van der Waals surface area contributed by atoms with Gasteiger partial charge in [-0.25, -0.2) is 0 Å². The third-order valence-corrected chi connectivity index (χ3v) is 3.62. The van der Waals surface area contributed by atoms with Crippen LogP contribution in [0.2, 0.25) is 5.02 Å². The van der Waals surface area contributed by atoms with Crippen LogP contribution in [0.3, 0.4) is 0 Å². The number of amides is 1. The highest BCUT2D eigenvalue weighted by Crippen LogP contribution is 2.15. The van der Waals surface area contributed by atoms with E-state index in [4.69, 9.17) is 11.6 Å². The van der Waals surface area contributed by atoms with Crippen molar-refractivity contribution in [3.8, 4) is 0 Å². The second-order valence-electron chi connectivity index (χ2n) is 5.11. The van der Waals surface area contributed by atoms with Gasteiger partial charge >= 0.3 is 0 Å². The maximum Gasteiger partial charge on any atom is 0.224 e. The molecule has 21 heavy (non-hydrogen) atoms. The Kier molecular flexibility index (Phi) is 5.23. The minimum absolute atomic E-state index is 0.0280. The summed E-state index contributed by atoms with van der Waals surface area (Å²) in [5.41, 5.74) is 3.06. The zero-order valence-corrected chi connectivity index (χ0v) is 13.0. The monoisotopic (exact) mass is 302 g/mol. The molecule has 1 amide bonds. The predicted octanol–water partition coefficient (Wildman–Crippen LogP) is 3.26. The third kappa shape index (κ3) is 4.50. The summed E-state index contributed by atoms with van der Waals surface area (Å²) in [4.78, 5) is 14.0. The Hall–Kier alpha value is -2.00. The first-order valence-electron chi connectivity index (χ1n) is 6.82. The lowest BCUT2D eigenvalue weighted by Gasteiger charge is -2.13. The van der Waals surface area contributed by atoms with E-state index < -0.39 is 0 Å². The van der Waals surface area contributed by atoms with Crippen molar-refractivity contribution >= 4 is 23.2 Å². The maximum atomic E-state index is 11.9. The highest BCUT2D eigenvalue weighted by atomic mass is 35.5. The Morgan fingerprint density at radius 1 is 1.10 bits per heavy atom. The van der Waals surface area contributed by atoms with Gasteiger partial charge in [0.05, 0.1) is 6.42 Å². The number of nitrogens with zero attached hydrogens (tertiary/aromatic N) is 1. The van der Waals surface area contributed by atoms with Crippen LogP contribution in [0.1, 0.15) is 11.1 Å². The molecule has 0 saturated carbocycles. The lowest BCUT2D eigenvalue weighted by atomic mass is 10.1. The SMILES string of the molecule is CN(C)c1ccc(CNC(=O)Cc2ccccc2Cl)cc1. The molecular formula is C17H19ClN2O. The van der Waals surface area contributed by atoms with Crippen molar-refractivity contribution < 1.29 is 4.79 Å². The van der Waals surface area contributed by atoms with E-state index in [1.165, 1.54) is 0 Å². The average Bonchev–Trinajstić information content (AvgIpc) is 2.48. The fourth-order valence-electron chi connectivity index (χ4n) is 1.99. The highest BCUT2D eigenvalue weighted by molar-refractivity contribution is 6.31. The summed E-state index contributed by atoms with van der Waals surface area (Å²) in [6, 6.07) is 15.5. The minimum atomic E-state index is -0.0280. The number of benzene rings is 2. The molecule has 4 heteroatoms. The lowest BCUT2D eigenvalue weighted by molar-refractivity contribution is -0.120. The summed E-state index contributed by atoms with van der Waals surface area (Å²) in [5, 5.41) is 3.54. The lowest BCUT2D eigenvalue weighted by Crippen LogP contribution is -2.24. The van der Waals surface area contributed by atoms with Gasteiger partial charge in [0.1, 0.15) is 0 Å². The van der Waals surface area contributed by atoms with Crippen molar-refractivity contribution in [2.24, 2.45) is 0 Å². The summed E-state index contributed by atoms with van der Waals surface area (Å²) in [5.74, 6) is -0.0280. The standard InChI is InChI=1S/C17H19ClN2O/c1-20(2)15-9-7-13(8-10-15)12-19-17(21)11-14-5-3-4-6-16(14)18/h3-10H,11-12H2,1-2H3,(H,19,21). The summed E-state index contributed by atoms with van der Waals surface area (Å²) in [6.45, 7) is 0.525. The molecule has 0 atom stereocenters. The molecule has 2 aromatic carbocycles. The van der Waals surface area contributed by atoms with E-state index in [1.807, 2.05) is 61.5 Å². The van der Waals surface area contributed by atoms with Crippen molar-refractivity contribution in [1.82, 2.24) is 5.32 Å². The Morgan fingerprint density at radius 2 is 1.76 bits per heavy atom. The number of nitrogens with one attached hydrogen (secondary N) is 1. The summed E-state index contributed by atoms with van der Waals surface area (Å²) in [7, 11) is 4.00. The van der Waals surface area contributed by atoms with Crippen LogP contribution in [-0.2, 0) is 17.8 Å². The summed E-state index contributed by atoms with van der Waals surface area (Å²) >= 11 is 6.05. The van der Waals surface area contributed by atoms with Crippen molar-refractivity contribution in [1.29, 1.82) is 0 Å². The molecule has 0 aliphatic carbocycles.